The van der Waals surface area contributed by atoms with E-state index in [2.05, 4.69) is 50.1 Å². The molecule has 13 heteroatoms. The summed E-state index contributed by atoms with van der Waals surface area (Å²) in [5.41, 5.74) is 9.87. The van der Waals surface area contributed by atoms with Crippen LogP contribution in [0, 0.1) is 0 Å². The first-order chi connectivity index (χ1) is 19.8. The summed E-state index contributed by atoms with van der Waals surface area (Å²) in [7, 11) is -1.27. The number of nitrogen functional groups attached to an aromatic ring is 1. The first-order valence-corrected chi connectivity index (χ1v) is 18.4. The average Bonchev–Trinajstić information content (AvgIpc) is 3.75. The number of hydrogen-bond donors (Lipinski definition) is 1. The van der Waals surface area contributed by atoms with E-state index in [9.17, 15) is 0 Å². The molecule has 0 unspecified atom stereocenters. The van der Waals surface area contributed by atoms with E-state index in [0.717, 1.165) is 45.7 Å². The van der Waals surface area contributed by atoms with E-state index in [4.69, 9.17) is 15.5 Å². The summed E-state index contributed by atoms with van der Waals surface area (Å²) in [6.45, 7) is 8.02. The van der Waals surface area contributed by atoms with Gasteiger partial charge in [-0.3, -0.25) is 9.88 Å². The van der Waals surface area contributed by atoms with Crippen molar-refractivity contribution in [3.63, 3.8) is 0 Å². The molecular weight excluding hydrogens is 553 g/mol. The third-order valence-corrected chi connectivity index (χ3v) is 10.0. The van der Waals surface area contributed by atoms with Gasteiger partial charge in [0, 0.05) is 32.4 Å². The number of fused-ring (bicyclic) bond motifs is 1. The van der Waals surface area contributed by atoms with Gasteiger partial charge in [0.25, 0.3) is 0 Å². The van der Waals surface area contributed by atoms with Gasteiger partial charge in [0.05, 0.1) is 35.3 Å². The Kier molecular flexibility index (Phi) is 7.73. The van der Waals surface area contributed by atoms with Crippen LogP contribution < -0.4 is 10.6 Å². The van der Waals surface area contributed by atoms with E-state index in [-0.39, 0.29) is 0 Å². The number of nitrogens with two attached hydrogens (primary N) is 1. The van der Waals surface area contributed by atoms with Gasteiger partial charge in [-0.2, -0.15) is 0 Å². The summed E-state index contributed by atoms with van der Waals surface area (Å²) < 4.78 is 7.94. The van der Waals surface area contributed by atoms with Crippen molar-refractivity contribution in [1.29, 1.82) is 0 Å². The molecule has 0 bridgehead atoms. The van der Waals surface area contributed by atoms with Crippen molar-refractivity contribution in [3.05, 3.63) is 54.1 Å². The van der Waals surface area contributed by atoms with Crippen LogP contribution in [0.1, 0.15) is 36.6 Å². The van der Waals surface area contributed by atoms with Gasteiger partial charge in [-0.25, -0.2) is 14.6 Å². The minimum absolute atomic E-state index is 0.298. The minimum atomic E-state index is -1.27. The molecular formula is C28H34N10OSSi. The van der Waals surface area contributed by atoms with Gasteiger partial charge < -0.3 is 10.5 Å². The van der Waals surface area contributed by atoms with Crippen LogP contribution in [0.2, 0.25) is 25.7 Å². The number of hydrogen-bond acceptors (Lipinski definition) is 11. The molecule has 0 atom stereocenters. The normalized spacial score (nSPS) is 14.2. The molecule has 1 aliphatic rings. The van der Waals surface area contributed by atoms with E-state index in [1.54, 1.807) is 40.8 Å². The summed E-state index contributed by atoms with van der Waals surface area (Å²) in [5.74, 6) is 1.81. The Morgan fingerprint density at radius 1 is 1.07 bits per heavy atom. The molecule has 5 aromatic rings. The van der Waals surface area contributed by atoms with Crippen LogP contribution in [-0.4, -0.2) is 61.6 Å². The number of nitrogens with zero attached hydrogens (tertiary/aromatic N) is 9. The number of anilines is 3. The Hall–Kier alpha value is -3.81. The van der Waals surface area contributed by atoms with E-state index < -0.39 is 8.07 Å². The Morgan fingerprint density at radius 3 is 2.71 bits per heavy atom. The molecule has 0 amide bonds. The molecule has 212 valence electrons. The zero-order chi connectivity index (χ0) is 28.4. The molecule has 5 aromatic heterocycles. The second kappa shape index (κ2) is 11.6. The Balaban J connectivity index is 1.46. The monoisotopic (exact) mass is 586 g/mol. The molecule has 0 radical (unpaired) electrons. The first-order valence-electron chi connectivity index (χ1n) is 13.9. The smallest absolute Gasteiger partial charge is 0.215 e. The second-order valence-corrected chi connectivity index (χ2v) is 18.2. The van der Waals surface area contributed by atoms with Crippen molar-refractivity contribution in [1.82, 2.24) is 40.1 Å². The lowest BCUT2D eigenvalue weighted by Crippen LogP contribution is -2.26. The zero-order valence-electron chi connectivity index (χ0n) is 23.6. The van der Waals surface area contributed by atoms with Crippen molar-refractivity contribution in [2.24, 2.45) is 0 Å². The van der Waals surface area contributed by atoms with Crippen molar-refractivity contribution >= 4 is 47.1 Å². The van der Waals surface area contributed by atoms with Crippen LogP contribution >= 0.6 is 11.3 Å². The quantitative estimate of drug-likeness (QED) is 0.121. The highest BCUT2D eigenvalue weighted by Gasteiger charge is 2.26. The number of rotatable bonds is 10. The van der Waals surface area contributed by atoms with Gasteiger partial charge in [0.1, 0.15) is 17.6 Å². The van der Waals surface area contributed by atoms with Gasteiger partial charge in [-0.1, -0.05) is 49.0 Å². The van der Waals surface area contributed by atoms with Crippen LogP contribution in [0.5, 0.6) is 0 Å². The van der Waals surface area contributed by atoms with Crippen LogP contribution in [0.3, 0.4) is 0 Å². The fraction of sp³-hybridized carbons (Fsp3) is 0.393. The fourth-order valence-corrected chi connectivity index (χ4v) is 6.69. The molecule has 41 heavy (non-hydrogen) atoms. The van der Waals surface area contributed by atoms with Crippen molar-refractivity contribution in [3.8, 4) is 16.9 Å². The van der Waals surface area contributed by atoms with Crippen LogP contribution in [-0.2, 0) is 4.74 Å². The van der Waals surface area contributed by atoms with E-state index >= 15 is 0 Å². The molecule has 0 aliphatic heterocycles. The molecule has 1 aliphatic carbocycles. The lowest BCUT2D eigenvalue weighted by Gasteiger charge is -2.24. The molecule has 1 saturated carbocycles. The van der Waals surface area contributed by atoms with Gasteiger partial charge in [0.2, 0.25) is 5.13 Å². The van der Waals surface area contributed by atoms with Gasteiger partial charge in [-0.05, 0) is 48.7 Å². The highest BCUT2D eigenvalue weighted by Crippen LogP contribution is 2.41. The van der Waals surface area contributed by atoms with Crippen LogP contribution in [0.4, 0.5) is 16.6 Å². The largest absolute Gasteiger partial charge is 0.397 e. The highest BCUT2D eigenvalue weighted by molar-refractivity contribution is 7.15. The summed E-state index contributed by atoms with van der Waals surface area (Å²) in [6.07, 6.45) is 11.6. The molecule has 1 fully saturated rings. The van der Waals surface area contributed by atoms with Crippen molar-refractivity contribution in [2.45, 2.75) is 57.3 Å². The predicted octanol–water partition coefficient (Wildman–Crippen LogP) is 5.81. The zero-order valence-corrected chi connectivity index (χ0v) is 25.4. The third-order valence-electron chi connectivity index (χ3n) is 7.22. The molecule has 0 aromatic carbocycles. The van der Waals surface area contributed by atoms with Gasteiger partial charge in [-0.15, -0.1) is 15.3 Å². The molecule has 0 spiro atoms. The number of pyridine rings is 3. The Morgan fingerprint density at radius 2 is 1.93 bits per heavy atom. The lowest BCUT2D eigenvalue weighted by atomic mass is 10.1. The van der Waals surface area contributed by atoms with Crippen LogP contribution in [0.25, 0.3) is 28.0 Å². The molecule has 11 nitrogen and oxygen atoms in total. The average molecular weight is 587 g/mol. The van der Waals surface area contributed by atoms with Gasteiger partial charge in [0.15, 0.2) is 5.82 Å². The molecule has 6 rings (SSSR count). The Bertz CT molecular complexity index is 1630. The predicted molar refractivity (Wildman–Crippen MR) is 164 cm³/mol. The molecule has 0 saturated heterocycles. The fourth-order valence-electron chi connectivity index (χ4n) is 4.93. The maximum absolute atomic E-state index is 6.31. The SMILES string of the molecule is C[Si](C)(C)CCOCN(c1nnc(C2CCCC2)s1)c1nc2cc(N)cnc2cc1-c1ccnc(-n2ccnn2)c1. The summed E-state index contributed by atoms with van der Waals surface area (Å²) >= 11 is 1.63. The maximum Gasteiger partial charge on any atom is 0.215 e. The standard InChI is InChI=1S/C28H34N10OSSi/c1-41(2,3)13-12-39-18-37(28-35-34-27(40-28)19-6-4-5-7-19)26-22(16-23-24(33-26)15-21(29)17-31-23)20-8-9-30-25(14-20)38-11-10-32-36-38/h8-11,14-17,19H,4-7,12-13,18,29H2,1-3H3. The lowest BCUT2D eigenvalue weighted by molar-refractivity contribution is 0.153. The van der Waals surface area contributed by atoms with Crippen molar-refractivity contribution in [2.75, 3.05) is 24.0 Å². The van der Waals surface area contributed by atoms with Gasteiger partial charge >= 0.3 is 0 Å². The second-order valence-electron chi connectivity index (χ2n) is 11.6. The molecule has 2 N–H and O–H groups in total. The highest BCUT2D eigenvalue weighted by atomic mass is 32.1. The van der Waals surface area contributed by atoms with Crippen LogP contribution in [0.15, 0.2) is 49.1 Å². The summed E-state index contributed by atoms with van der Waals surface area (Å²) in [6, 6.07) is 8.86. The number of aromatic nitrogens is 8. The summed E-state index contributed by atoms with van der Waals surface area (Å²) in [5, 5.41) is 19.2. The topological polar surface area (TPSA) is 134 Å². The maximum atomic E-state index is 6.31. The summed E-state index contributed by atoms with van der Waals surface area (Å²) in [4.78, 5) is 16.2. The molecule has 5 heterocycles. The van der Waals surface area contributed by atoms with E-state index in [1.807, 2.05) is 29.2 Å². The van der Waals surface area contributed by atoms with Crippen molar-refractivity contribution < 1.29 is 4.74 Å². The number of ether oxygens (including phenoxy) is 1. The Labute approximate surface area is 243 Å². The van der Waals surface area contributed by atoms with E-state index in [0.29, 0.717) is 42.1 Å². The minimum Gasteiger partial charge on any atom is -0.397 e. The van der Waals surface area contributed by atoms with E-state index in [1.165, 1.54) is 12.8 Å². The first kappa shape index (κ1) is 27.4. The third kappa shape index (κ3) is 6.26.